The molecule has 0 amide bonds. The number of pyridine rings is 1. The van der Waals surface area contributed by atoms with E-state index in [0.29, 0.717) is 6.04 Å². The van der Waals surface area contributed by atoms with Crippen molar-refractivity contribution in [3.8, 4) is 17.6 Å². The SMILES string of the molecule is COc1ccncc1C#CCN1CCNC(Cc2c[nH]c3ccccc23)C1.Cl.Cl. The van der Waals surface area contributed by atoms with Gasteiger partial charge in [0.05, 0.1) is 19.2 Å². The second kappa shape index (κ2) is 11.1. The van der Waals surface area contributed by atoms with Crippen molar-refractivity contribution in [1.82, 2.24) is 20.2 Å². The van der Waals surface area contributed by atoms with Crippen molar-refractivity contribution >= 4 is 35.7 Å². The Kier molecular flexibility index (Phi) is 8.81. The van der Waals surface area contributed by atoms with Gasteiger partial charge in [-0.25, -0.2) is 0 Å². The van der Waals surface area contributed by atoms with Crippen LogP contribution >= 0.6 is 24.8 Å². The van der Waals surface area contributed by atoms with Crippen LogP contribution in [-0.2, 0) is 6.42 Å². The fourth-order valence-corrected chi connectivity index (χ4v) is 3.64. The number of nitrogens with one attached hydrogen (secondary N) is 2. The van der Waals surface area contributed by atoms with E-state index < -0.39 is 0 Å². The molecule has 0 bridgehead atoms. The first-order valence-electron chi connectivity index (χ1n) is 9.31. The van der Waals surface area contributed by atoms with Crippen LogP contribution < -0.4 is 10.1 Å². The molecule has 1 unspecified atom stereocenters. The average Bonchev–Trinajstić information content (AvgIpc) is 3.12. The zero-order chi connectivity index (χ0) is 18.5. The van der Waals surface area contributed by atoms with Gasteiger partial charge in [0.25, 0.3) is 0 Å². The molecule has 154 valence electrons. The number of hydrogen-bond donors (Lipinski definition) is 2. The molecule has 0 spiro atoms. The predicted molar refractivity (Wildman–Crippen MR) is 122 cm³/mol. The van der Waals surface area contributed by atoms with Gasteiger partial charge in [-0.2, -0.15) is 0 Å². The van der Waals surface area contributed by atoms with E-state index in [1.807, 2.05) is 6.07 Å². The van der Waals surface area contributed by atoms with E-state index in [2.05, 4.69) is 62.5 Å². The molecule has 0 saturated carbocycles. The Bertz CT molecular complexity index is 979. The summed E-state index contributed by atoms with van der Waals surface area (Å²) in [5, 5.41) is 4.96. The molecular weight excluding hydrogens is 407 g/mol. The molecule has 0 aliphatic carbocycles. The fourth-order valence-electron chi connectivity index (χ4n) is 3.64. The lowest BCUT2D eigenvalue weighted by molar-refractivity contribution is 0.220. The van der Waals surface area contributed by atoms with E-state index in [9.17, 15) is 0 Å². The lowest BCUT2D eigenvalue weighted by atomic mass is 10.0. The zero-order valence-electron chi connectivity index (χ0n) is 16.4. The second-order valence-electron chi connectivity index (χ2n) is 6.83. The van der Waals surface area contributed by atoms with Crippen LogP contribution in [-0.4, -0.2) is 54.2 Å². The van der Waals surface area contributed by atoms with Gasteiger partial charge in [-0.05, 0) is 24.1 Å². The van der Waals surface area contributed by atoms with Gasteiger partial charge in [0.2, 0.25) is 0 Å². The molecule has 1 aromatic carbocycles. The number of aromatic nitrogens is 2. The monoisotopic (exact) mass is 432 g/mol. The lowest BCUT2D eigenvalue weighted by Crippen LogP contribution is -2.51. The van der Waals surface area contributed by atoms with Gasteiger partial charge >= 0.3 is 0 Å². The Morgan fingerprint density at radius 2 is 2.10 bits per heavy atom. The minimum Gasteiger partial charge on any atom is -0.495 e. The summed E-state index contributed by atoms with van der Waals surface area (Å²) in [5.74, 6) is 7.24. The summed E-state index contributed by atoms with van der Waals surface area (Å²) in [6.45, 7) is 3.76. The van der Waals surface area contributed by atoms with E-state index in [4.69, 9.17) is 4.74 Å². The molecule has 1 aliphatic rings. The van der Waals surface area contributed by atoms with Crippen molar-refractivity contribution in [2.24, 2.45) is 0 Å². The second-order valence-corrected chi connectivity index (χ2v) is 6.83. The van der Waals surface area contributed by atoms with Crippen molar-refractivity contribution in [2.75, 3.05) is 33.3 Å². The number of aromatic amines is 1. The lowest BCUT2D eigenvalue weighted by Gasteiger charge is -2.32. The van der Waals surface area contributed by atoms with Crippen molar-refractivity contribution < 1.29 is 4.74 Å². The summed E-state index contributed by atoms with van der Waals surface area (Å²) >= 11 is 0. The maximum atomic E-state index is 5.33. The van der Waals surface area contributed by atoms with E-state index in [0.717, 1.165) is 43.9 Å². The topological polar surface area (TPSA) is 53.2 Å². The maximum Gasteiger partial charge on any atom is 0.137 e. The van der Waals surface area contributed by atoms with Crippen LogP contribution in [0.15, 0.2) is 48.9 Å². The van der Waals surface area contributed by atoms with E-state index in [-0.39, 0.29) is 24.8 Å². The molecule has 1 saturated heterocycles. The first-order valence-corrected chi connectivity index (χ1v) is 9.31. The number of H-pyrrole nitrogens is 1. The molecular formula is C22H26Cl2N4O. The van der Waals surface area contributed by atoms with Crippen LogP contribution in [0, 0.1) is 11.8 Å². The third kappa shape index (κ3) is 5.65. The van der Waals surface area contributed by atoms with Crippen molar-refractivity contribution in [3.05, 3.63) is 60.0 Å². The Morgan fingerprint density at radius 1 is 1.24 bits per heavy atom. The Morgan fingerprint density at radius 3 is 2.97 bits per heavy atom. The van der Waals surface area contributed by atoms with Crippen LogP contribution in [0.25, 0.3) is 10.9 Å². The highest BCUT2D eigenvalue weighted by molar-refractivity contribution is 5.85. The summed E-state index contributed by atoms with van der Waals surface area (Å²) in [6, 6.07) is 10.8. The molecule has 7 heteroatoms. The average molecular weight is 433 g/mol. The first kappa shape index (κ1) is 23.1. The van der Waals surface area contributed by atoms with Crippen LogP contribution in [0.4, 0.5) is 0 Å². The number of rotatable bonds is 4. The predicted octanol–water partition coefficient (Wildman–Crippen LogP) is 3.28. The molecule has 2 aromatic heterocycles. The van der Waals surface area contributed by atoms with Crippen LogP contribution in [0.2, 0.25) is 0 Å². The van der Waals surface area contributed by atoms with E-state index >= 15 is 0 Å². The van der Waals surface area contributed by atoms with Gasteiger partial charge in [-0.1, -0.05) is 30.0 Å². The van der Waals surface area contributed by atoms with Crippen molar-refractivity contribution in [3.63, 3.8) is 0 Å². The normalized spacial score (nSPS) is 16.2. The first-order chi connectivity index (χ1) is 13.3. The minimum atomic E-state index is 0. The largest absolute Gasteiger partial charge is 0.495 e. The number of para-hydroxylation sites is 1. The summed E-state index contributed by atoms with van der Waals surface area (Å²) in [5.41, 5.74) is 3.41. The summed E-state index contributed by atoms with van der Waals surface area (Å²) in [6.07, 6.45) is 6.63. The van der Waals surface area contributed by atoms with Crippen LogP contribution in [0.1, 0.15) is 11.1 Å². The van der Waals surface area contributed by atoms with E-state index in [1.54, 1.807) is 19.5 Å². The minimum absolute atomic E-state index is 0. The number of hydrogen-bond acceptors (Lipinski definition) is 4. The third-order valence-corrected chi connectivity index (χ3v) is 5.01. The maximum absolute atomic E-state index is 5.33. The standard InChI is InChI=1S/C22H24N4O.2ClH/c1-27-22-8-9-23-14-17(22)5-4-11-26-12-10-24-19(16-26)13-18-15-25-21-7-3-2-6-20(18)21;;/h2-3,6-9,14-15,19,24-25H,10-13,16H2,1H3;2*1H. The highest BCUT2D eigenvalue weighted by Crippen LogP contribution is 2.20. The molecule has 5 nitrogen and oxygen atoms in total. The number of benzene rings is 1. The Hall–Kier alpha value is -2.23. The van der Waals surface area contributed by atoms with E-state index in [1.165, 1.54) is 16.5 Å². The number of piperazine rings is 1. The molecule has 3 heterocycles. The van der Waals surface area contributed by atoms with Gasteiger partial charge in [0, 0.05) is 55.2 Å². The van der Waals surface area contributed by atoms with Gasteiger partial charge < -0.3 is 15.0 Å². The summed E-state index contributed by atoms with van der Waals surface area (Å²) in [7, 11) is 1.66. The quantitative estimate of drug-likeness (QED) is 0.621. The molecule has 2 N–H and O–H groups in total. The highest BCUT2D eigenvalue weighted by Gasteiger charge is 2.20. The van der Waals surface area contributed by atoms with Gasteiger partial charge in [0.15, 0.2) is 0 Å². The third-order valence-electron chi connectivity index (χ3n) is 5.01. The fraction of sp³-hybridized carbons (Fsp3) is 0.318. The summed E-state index contributed by atoms with van der Waals surface area (Å²) in [4.78, 5) is 9.91. The van der Waals surface area contributed by atoms with Gasteiger partial charge in [-0.15, -0.1) is 24.8 Å². The molecule has 0 radical (unpaired) electrons. The number of fused-ring (bicyclic) bond motifs is 1. The van der Waals surface area contributed by atoms with Crippen molar-refractivity contribution in [2.45, 2.75) is 12.5 Å². The molecule has 4 rings (SSSR count). The van der Waals surface area contributed by atoms with Gasteiger partial charge in [0.1, 0.15) is 5.75 Å². The molecule has 1 aliphatic heterocycles. The number of halogens is 2. The Labute approximate surface area is 184 Å². The van der Waals surface area contributed by atoms with Crippen molar-refractivity contribution in [1.29, 1.82) is 0 Å². The summed E-state index contributed by atoms with van der Waals surface area (Å²) < 4.78 is 5.33. The molecule has 29 heavy (non-hydrogen) atoms. The van der Waals surface area contributed by atoms with Crippen LogP contribution in [0.5, 0.6) is 5.75 Å². The van der Waals surface area contributed by atoms with Crippen LogP contribution in [0.3, 0.4) is 0 Å². The highest BCUT2D eigenvalue weighted by atomic mass is 35.5. The Balaban J connectivity index is 0.00000150. The smallest absolute Gasteiger partial charge is 0.137 e. The zero-order valence-corrected chi connectivity index (χ0v) is 18.0. The number of methoxy groups -OCH3 is 1. The molecule has 1 atom stereocenters. The number of nitrogens with zero attached hydrogens (tertiary/aromatic N) is 2. The molecule has 3 aromatic rings. The number of ether oxygens (including phenoxy) is 1. The molecule has 1 fully saturated rings. The van der Waals surface area contributed by atoms with Gasteiger partial charge in [-0.3, -0.25) is 9.88 Å².